The molecule has 1 heterocycles. The maximum Gasteiger partial charge on any atom is 0.411 e. The summed E-state index contributed by atoms with van der Waals surface area (Å²) in [6.45, 7) is 5.80. The number of thioether (sulfide) groups is 1. The Morgan fingerprint density at radius 2 is 2.13 bits per heavy atom. The van der Waals surface area contributed by atoms with E-state index in [1.807, 2.05) is 11.8 Å². The van der Waals surface area contributed by atoms with Crippen LogP contribution in [-0.2, 0) is 4.74 Å². The van der Waals surface area contributed by atoms with Gasteiger partial charge in [0.05, 0.1) is 0 Å². The Balaban J connectivity index is 0.00000484. The van der Waals surface area contributed by atoms with Crippen molar-refractivity contribution in [1.29, 1.82) is 0 Å². The first kappa shape index (κ1) is 23.1. The molecule has 0 aromatic rings. The van der Waals surface area contributed by atoms with Crippen molar-refractivity contribution in [2.45, 2.75) is 31.7 Å². The van der Waals surface area contributed by atoms with Crippen molar-refractivity contribution in [3.8, 4) is 0 Å². The fourth-order valence-electron chi connectivity index (χ4n) is 2.17. The van der Waals surface area contributed by atoms with Gasteiger partial charge in [-0.05, 0) is 12.3 Å². The number of hydrogen-bond acceptors (Lipinski definition) is 3. The standard InChI is InChI=1S/C14H26F3N3OS.HI/c1-11(2)12-9-20(6-8-22-12)13(18-3)19-5-4-7-21-10-14(15,16)17;/h11-12H,4-10H2,1-3H3,(H,18,19);1H. The Morgan fingerprint density at radius 1 is 1.43 bits per heavy atom. The largest absolute Gasteiger partial charge is 0.411 e. The molecule has 4 nitrogen and oxygen atoms in total. The van der Waals surface area contributed by atoms with Crippen LogP contribution >= 0.6 is 35.7 Å². The molecule has 1 rings (SSSR count). The van der Waals surface area contributed by atoms with Gasteiger partial charge < -0.3 is 15.0 Å². The predicted octanol–water partition coefficient (Wildman–Crippen LogP) is 3.22. The van der Waals surface area contributed by atoms with Gasteiger partial charge in [-0.15, -0.1) is 24.0 Å². The monoisotopic (exact) mass is 469 g/mol. The highest BCUT2D eigenvalue weighted by Crippen LogP contribution is 2.24. The van der Waals surface area contributed by atoms with Gasteiger partial charge in [0.15, 0.2) is 5.96 Å². The number of nitrogens with one attached hydrogen (secondary N) is 1. The van der Waals surface area contributed by atoms with E-state index in [-0.39, 0.29) is 30.6 Å². The normalized spacial score (nSPS) is 19.7. The van der Waals surface area contributed by atoms with E-state index >= 15 is 0 Å². The minimum atomic E-state index is -4.25. The van der Waals surface area contributed by atoms with Crippen LogP contribution in [0.15, 0.2) is 4.99 Å². The molecule has 0 spiro atoms. The molecule has 0 aliphatic carbocycles. The summed E-state index contributed by atoms with van der Waals surface area (Å²) in [7, 11) is 1.73. The van der Waals surface area contributed by atoms with Gasteiger partial charge in [0, 0.05) is 44.3 Å². The maximum atomic E-state index is 11.9. The summed E-state index contributed by atoms with van der Waals surface area (Å²) in [4.78, 5) is 6.48. The van der Waals surface area contributed by atoms with E-state index in [1.54, 1.807) is 7.05 Å². The lowest BCUT2D eigenvalue weighted by Gasteiger charge is -2.36. The van der Waals surface area contributed by atoms with E-state index in [0.29, 0.717) is 24.1 Å². The highest BCUT2D eigenvalue weighted by Gasteiger charge is 2.27. The van der Waals surface area contributed by atoms with Crippen molar-refractivity contribution in [3.63, 3.8) is 0 Å². The Morgan fingerprint density at radius 3 is 2.70 bits per heavy atom. The topological polar surface area (TPSA) is 36.9 Å². The van der Waals surface area contributed by atoms with Crippen LogP contribution in [0.3, 0.4) is 0 Å². The van der Waals surface area contributed by atoms with Gasteiger partial charge in [-0.3, -0.25) is 4.99 Å². The molecule has 1 fully saturated rings. The Labute approximate surface area is 158 Å². The molecule has 9 heteroatoms. The number of guanidine groups is 1. The predicted molar refractivity (Wildman–Crippen MR) is 101 cm³/mol. The molecule has 1 aliphatic rings. The zero-order valence-electron chi connectivity index (χ0n) is 13.9. The number of alkyl halides is 3. The molecule has 1 saturated heterocycles. The summed E-state index contributed by atoms with van der Waals surface area (Å²) in [6.07, 6.45) is -3.73. The van der Waals surface area contributed by atoms with Gasteiger partial charge in [0.25, 0.3) is 0 Å². The van der Waals surface area contributed by atoms with Crippen LogP contribution in [0.2, 0.25) is 0 Å². The second-order valence-corrected chi connectivity index (χ2v) is 6.94. The lowest BCUT2D eigenvalue weighted by molar-refractivity contribution is -0.173. The third-order valence-corrected chi connectivity index (χ3v) is 4.90. The molecular weight excluding hydrogens is 442 g/mol. The molecule has 23 heavy (non-hydrogen) atoms. The van der Waals surface area contributed by atoms with E-state index in [2.05, 4.69) is 33.8 Å². The average Bonchev–Trinajstić information content (AvgIpc) is 2.45. The Kier molecular flexibility index (Phi) is 11.7. The SMILES string of the molecule is CN=C(NCCCOCC(F)(F)F)N1CCSC(C(C)C)C1.I. The quantitative estimate of drug-likeness (QED) is 0.281. The molecule has 138 valence electrons. The summed E-state index contributed by atoms with van der Waals surface area (Å²) in [5.74, 6) is 2.50. The molecule has 0 aromatic heterocycles. The van der Waals surface area contributed by atoms with Crippen LogP contribution in [0.25, 0.3) is 0 Å². The minimum Gasteiger partial charge on any atom is -0.372 e. The van der Waals surface area contributed by atoms with E-state index in [0.717, 1.165) is 24.8 Å². The second-order valence-electron chi connectivity index (χ2n) is 5.59. The van der Waals surface area contributed by atoms with E-state index in [9.17, 15) is 13.2 Å². The van der Waals surface area contributed by atoms with Crippen molar-refractivity contribution < 1.29 is 17.9 Å². The number of halogens is 4. The summed E-state index contributed by atoms with van der Waals surface area (Å²) >= 11 is 1.99. The summed E-state index contributed by atoms with van der Waals surface area (Å²) in [5.41, 5.74) is 0. The number of nitrogens with zero attached hydrogens (tertiary/aromatic N) is 2. The van der Waals surface area contributed by atoms with Crippen LogP contribution in [-0.4, -0.2) is 67.9 Å². The van der Waals surface area contributed by atoms with Crippen LogP contribution in [0.4, 0.5) is 13.2 Å². The van der Waals surface area contributed by atoms with Gasteiger partial charge in [0.1, 0.15) is 6.61 Å². The number of aliphatic imine (C=N–C) groups is 1. The summed E-state index contributed by atoms with van der Waals surface area (Å²) in [6, 6.07) is 0. The van der Waals surface area contributed by atoms with Crippen LogP contribution in [0.1, 0.15) is 20.3 Å². The molecule has 0 bridgehead atoms. The van der Waals surface area contributed by atoms with Crippen molar-refractivity contribution in [2.24, 2.45) is 10.9 Å². The van der Waals surface area contributed by atoms with Crippen molar-refractivity contribution in [1.82, 2.24) is 10.2 Å². The molecule has 1 atom stereocenters. The second kappa shape index (κ2) is 11.6. The molecule has 0 radical (unpaired) electrons. The molecular formula is C14H27F3IN3OS. The van der Waals surface area contributed by atoms with E-state index < -0.39 is 12.8 Å². The number of hydrogen-bond donors (Lipinski definition) is 1. The molecule has 1 N–H and O–H groups in total. The van der Waals surface area contributed by atoms with Crippen LogP contribution in [0, 0.1) is 5.92 Å². The Bertz CT molecular complexity index is 357. The first-order chi connectivity index (χ1) is 10.3. The highest BCUT2D eigenvalue weighted by atomic mass is 127. The van der Waals surface area contributed by atoms with Crippen molar-refractivity contribution >= 4 is 41.7 Å². The lowest BCUT2D eigenvalue weighted by Crippen LogP contribution is -2.49. The van der Waals surface area contributed by atoms with Crippen molar-refractivity contribution in [3.05, 3.63) is 0 Å². The number of rotatable bonds is 6. The van der Waals surface area contributed by atoms with Crippen LogP contribution in [0.5, 0.6) is 0 Å². The van der Waals surface area contributed by atoms with E-state index in [1.165, 1.54) is 0 Å². The molecule has 0 amide bonds. The molecule has 0 saturated carbocycles. The van der Waals surface area contributed by atoms with Crippen LogP contribution < -0.4 is 5.32 Å². The minimum absolute atomic E-state index is 0. The Hall–Kier alpha value is 0.1000. The fourth-order valence-corrected chi connectivity index (χ4v) is 3.46. The zero-order valence-corrected chi connectivity index (χ0v) is 17.0. The fraction of sp³-hybridized carbons (Fsp3) is 0.929. The van der Waals surface area contributed by atoms with Gasteiger partial charge in [-0.25, -0.2) is 0 Å². The molecule has 0 aromatic carbocycles. The average molecular weight is 469 g/mol. The smallest absolute Gasteiger partial charge is 0.372 e. The van der Waals surface area contributed by atoms with Gasteiger partial charge in [-0.2, -0.15) is 24.9 Å². The third kappa shape index (κ3) is 9.85. The van der Waals surface area contributed by atoms with Gasteiger partial charge >= 0.3 is 6.18 Å². The van der Waals surface area contributed by atoms with E-state index in [4.69, 9.17) is 0 Å². The van der Waals surface area contributed by atoms with Crippen molar-refractivity contribution in [2.75, 3.05) is 45.6 Å². The molecule has 1 unspecified atom stereocenters. The van der Waals surface area contributed by atoms with Gasteiger partial charge in [-0.1, -0.05) is 13.8 Å². The third-order valence-electron chi connectivity index (χ3n) is 3.36. The summed E-state index contributed by atoms with van der Waals surface area (Å²) in [5, 5.41) is 3.79. The maximum absolute atomic E-state index is 11.9. The lowest BCUT2D eigenvalue weighted by atomic mass is 10.1. The first-order valence-electron chi connectivity index (χ1n) is 7.55. The molecule has 1 aliphatic heterocycles. The highest BCUT2D eigenvalue weighted by molar-refractivity contribution is 14.0. The number of ether oxygens (including phenoxy) is 1. The first-order valence-corrected chi connectivity index (χ1v) is 8.60. The summed E-state index contributed by atoms with van der Waals surface area (Å²) < 4.78 is 40.4. The van der Waals surface area contributed by atoms with Gasteiger partial charge in [0.2, 0.25) is 0 Å². The zero-order chi connectivity index (χ0) is 16.6.